The lowest BCUT2D eigenvalue weighted by Gasteiger charge is -2.23. The van der Waals surface area contributed by atoms with Crippen LogP contribution >= 0.6 is 11.3 Å². The van der Waals surface area contributed by atoms with Crippen molar-refractivity contribution in [3.05, 3.63) is 57.8 Å². The molecular formula is C22H25F3N2O3S. The molecule has 1 amide bonds. The Bertz CT molecular complexity index is 917. The van der Waals surface area contributed by atoms with Gasteiger partial charge in [0.25, 0.3) is 0 Å². The van der Waals surface area contributed by atoms with E-state index in [0.717, 1.165) is 45.6 Å². The highest BCUT2D eigenvalue weighted by atomic mass is 32.1. The Labute approximate surface area is 183 Å². The zero-order valence-electron chi connectivity index (χ0n) is 17.2. The number of thiophene rings is 1. The molecule has 9 heteroatoms. The zero-order chi connectivity index (χ0) is 22.6. The number of amides is 1. The maximum atomic E-state index is 13.1. The average Bonchev–Trinajstić information content (AvgIpc) is 3.41. The standard InChI is InChI=1S/C20H24N2OS.C2HF3O2/c1-16-4-2-5-17(12-16)13-22-10-8-20(19(22)23)7-9-21(15-20)14-18-6-3-11-24-18;3-2(4,5)1(6)7/h2-6,11-12H,7-10,13-15H2,1H3;(H,6,7). The van der Waals surface area contributed by atoms with Crippen LogP contribution in [-0.2, 0) is 22.7 Å². The van der Waals surface area contributed by atoms with Gasteiger partial charge in [0.1, 0.15) is 0 Å². The molecule has 4 rings (SSSR count). The van der Waals surface area contributed by atoms with Gasteiger partial charge >= 0.3 is 12.1 Å². The molecule has 0 aliphatic carbocycles. The Hall–Kier alpha value is -2.39. The first-order valence-electron chi connectivity index (χ1n) is 9.99. The minimum atomic E-state index is -5.08. The summed E-state index contributed by atoms with van der Waals surface area (Å²) in [5, 5.41) is 9.26. The van der Waals surface area contributed by atoms with Crippen LogP contribution in [-0.4, -0.2) is 52.6 Å². The number of carbonyl (C=O) groups excluding carboxylic acids is 1. The molecule has 1 spiro atoms. The van der Waals surface area contributed by atoms with E-state index in [2.05, 4.69) is 58.5 Å². The molecule has 168 valence electrons. The van der Waals surface area contributed by atoms with Crippen molar-refractivity contribution in [2.24, 2.45) is 5.41 Å². The Balaban J connectivity index is 0.000000339. The number of benzene rings is 1. The first-order valence-corrected chi connectivity index (χ1v) is 10.9. The Morgan fingerprint density at radius 1 is 1.16 bits per heavy atom. The van der Waals surface area contributed by atoms with Gasteiger partial charge in [0.15, 0.2) is 0 Å². The SMILES string of the molecule is Cc1cccc(CN2CCC3(CCN(Cc4cccs4)C3)C2=O)c1.O=C(O)C(F)(F)F. The fourth-order valence-corrected chi connectivity index (χ4v) is 4.92. The summed E-state index contributed by atoms with van der Waals surface area (Å²) in [7, 11) is 0. The lowest BCUT2D eigenvalue weighted by atomic mass is 9.85. The van der Waals surface area contributed by atoms with E-state index < -0.39 is 12.1 Å². The smallest absolute Gasteiger partial charge is 0.475 e. The number of rotatable bonds is 4. The number of likely N-dealkylation sites (tertiary alicyclic amines) is 2. The molecule has 2 aromatic rings. The summed E-state index contributed by atoms with van der Waals surface area (Å²) in [5.41, 5.74) is 2.38. The van der Waals surface area contributed by atoms with Gasteiger partial charge < -0.3 is 10.0 Å². The van der Waals surface area contributed by atoms with Crippen LogP contribution in [0.15, 0.2) is 41.8 Å². The molecule has 2 aliphatic heterocycles. The van der Waals surface area contributed by atoms with Gasteiger partial charge in [0, 0.05) is 31.1 Å². The molecule has 2 saturated heterocycles. The number of aliphatic carboxylic acids is 1. The molecule has 1 atom stereocenters. The Morgan fingerprint density at radius 2 is 1.87 bits per heavy atom. The van der Waals surface area contributed by atoms with E-state index in [1.54, 1.807) is 0 Å². The van der Waals surface area contributed by atoms with Gasteiger partial charge in [-0.2, -0.15) is 13.2 Å². The minimum Gasteiger partial charge on any atom is -0.475 e. The maximum Gasteiger partial charge on any atom is 0.490 e. The summed E-state index contributed by atoms with van der Waals surface area (Å²) >= 11 is 1.81. The summed E-state index contributed by atoms with van der Waals surface area (Å²) in [6, 6.07) is 12.8. The van der Waals surface area contributed by atoms with Gasteiger partial charge in [-0.25, -0.2) is 4.79 Å². The van der Waals surface area contributed by atoms with Crippen LogP contribution < -0.4 is 0 Å². The molecule has 0 saturated carbocycles. The van der Waals surface area contributed by atoms with Gasteiger partial charge in [0.2, 0.25) is 5.91 Å². The van der Waals surface area contributed by atoms with Crippen LogP contribution in [0.2, 0.25) is 0 Å². The predicted molar refractivity (Wildman–Crippen MR) is 112 cm³/mol. The molecule has 2 fully saturated rings. The van der Waals surface area contributed by atoms with Crippen LogP contribution in [0, 0.1) is 12.3 Å². The zero-order valence-corrected chi connectivity index (χ0v) is 18.0. The highest BCUT2D eigenvalue weighted by Gasteiger charge is 2.50. The van der Waals surface area contributed by atoms with E-state index in [-0.39, 0.29) is 5.41 Å². The van der Waals surface area contributed by atoms with Gasteiger partial charge in [-0.3, -0.25) is 9.69 Å². The molecular weight excluding hydrogens is 429 g/mol. The van der Waals surface area contributed by atoms with E-state index in [4.69, 9.17) is 9.90 Å². The molecule has 1 N–H and O–H groups in total. The molecule has 2 aliphatic rings. The highest BCUT2D eigenvalue weighted by Crippen LogP contribution is 2.41. The highest BCUT2D eigenvalue weighted by molar-refractivity contribution is 7.09. The fraction of sp³-hybridized carbons (Fsp3) is 0.455. The van der Waals surface area contributed by atoms with Crippen molar-refractivity contribution in [1.29, 1.82) is 0 Å². The predicted octanol–water partition coefficient (Wildman–Crippen LogP) is 4.31. The number of carboxylic acid groups (broad SMARTS) is 1. The van der Waals surface area contributed by atoms with Crippen molar-refractivity contribution in [3.8, 4) is 0 Å². The second kappa shape index (κ2) is 9.40. The van der Waals surface area contributed by atoms with E-state index in [9.17, 15) is 18.0 Å². The van der Waals surface area contributed by atoms with Crippen molar-refractivity contribution in [3.63, 3.8) is 0 Å². The van der Waals surface area contributed by atoms with Crippen LogP contribution in [0.1, 0.15) is 28.8 Å². The van der Waals surface area contributed by atoms with Crippen molar-refractivity contribution in [2.75, 3.05) is 19.6 Å². The third-order valence-corrected chi connectivity index (χ3v) is 6.55. The van der Waals surface area contributed by atoms with Gasteiger partial charge in [0.05, 0.1) is 5.41 Å². The first-order chi connectivity index (χ1) is 14.6. The summed E-state index contributed by atoms with van der Waals surface area (Å²) < 4.78 is 31.7. The first kappa shape index (κ1) is 23.3. The van der Waals surface area contributed by atoms with E-state index >= 15 is 0 Å². The van der Waals surface area contributed by atoms with Gasteiger partial charge in [-0.05, 0) is 43.3 Å². The second-order valence-electron chi connectivity index (χ2n) is 8.09. The maximum absolute atomic E-state index is 13.1. The normalized spacial score (nSPS) is 21.4. The largest absolute Gasteiger partial charge is 0.490 e. The fourth-order valence-electron chi connectivity index (χ4n) is 4.17. The molecule has 0 radical (unpaired) electrons. The molecule has 31 heavy (non-hydrogen) atoms. The van der Waals surface area contributed by atoms with Crippen LogP contribution in [0.25, 0.3) is 0 Å². The number of halogens is 3. The topological polar surface area (TPSA) is 60.9 Å². The summed E-state index contributed by atoms with van der Waals surface area (Å²) in [4.78, 5) is 27.9. The van der Waals surface area contributed by atoms with Crippen molar-refractivity contribution in [1.82, 2.24) is 9.80 Å². The molecule has 1 aromatic carbocycles. The second-order valence-corrected chi connectivity index (χ2v) is 9.12. The van der Waals surface area contributed by atoms with Crippen molar-refractivity contribution < 1.29 is 27.9 Å². The summed E-state index contributed by atoms with van der Waals surface area (Å²) in [5.74, 6) is -2.38. The van der Waals surface area contributed by atoms with Crippen molar-refractivity contribution in [2.45, 2.75) is 39.0 Å². The molecule has 1 unspecified atom stereocenters. The van der Waals surface area contributed by atoms with E-state index in [0.29, 0.717) is 5.91 Å². The number of alkyl halides is 3. The molecule has 5 nitrogen and oxygen atoms in total. The molecule has 1 aromatic heterocycles. The third kappa shape index (κ3) is 5.86. The van der Waals surface area contributed by atoms with E-state index in [1.165, 1.54) is 16.0 Å². The lowest BCUT2D eigenvalue weighted by Crippen LogP contribution is -2.36. The Kier molecular flexibility index (Phi) is 7.06. The van der Waals surface area contributed by atoms with Gasteiger partial charge in [-0.1, -0.05) is 35.9 Å². The van der Waals surface area contributed by atoms with Gasteiger partial charge in [-0.15, -0.1) is 11.3 Å². The summed E-state index contributed by atoms with van der Waals surface area (Å²) in [6.45, 7) is 6.73. The minimum absolute atomic E-state index is 0.124. The number of hydrogen-bond acceptors (Lipinski definition) is 4. The monoisotopic (exact) mass is 454 g/mol. The van der Waals surface area contributed by atoms with Crippen molar-refractivity contribution >= 4 is 23.2 Å². The third-order valence-electron chi connectivity index (χ3n) is 5.69. The Morgan fingerprint density at radius 3 is 2.48 bits per heavy atom. The summed E-state index contributed by atoms with van der Waals surface area (Å²) in [6.07, 6.45) is -3.06. The van der Waals surface area contributed by atoms with Crippen LogP contribution in [0.3, 0.4) is 0 Å². The molecule has 3 heterocycles. The molecule has 0 bridgehead atoms. The number of nitrogens with zero attached hydrogens (tertiary/aromatic N) is 2. The number of aryl methyl sites for hydroxylation is 1. The van der Waals surface area contributed by atoms with E-state index in [1.807, 2.05) is 11.3 Å². The number of carbonyl (C=O) groups is 2. The quantitative estimate of drug-likeness (QED) is 0.748. The average molecular weight is 455 g/mol. The number of carboxylic acids is 1. The van der Waals surface area contributed by atoms with Crippen LogP contribution in [0.4, 0.5) is 13.2 Å². The number of hydrogen-bond donors (Lipinski definition) is 1. The van der Waals surface area contributed by atoms with Crippen LogP contribution in [0.5, 0.6) is 0 Å². The lowest BCUT2D eigenvalue weighted by molar-refractivity contribution is -0.192.